The predicted octanol–water partition coefficient (Wildman–Crippen LogP) is 3.25. The molecule has 1 aromatic heterocycles. The van der Waals surface area contributed by atoms with Crippen molar-refractivity contribution in [2.75, 3.05) is 19.5 Å². The van der Waals surface area contributed by atoms with Gasteiger partial charge < -0.3 is 25.2 Å². The molecule has 0 spiro atoms. The average Bonchev–Trinajstić information content (AvgIpc) is 3.11. The number of methoxy groups -OCH3 is 1. The van der Waals surface area contributed by atoms with Gasteiger partial charge in [-0.25, -0.2) is 0 Å². The quantitative estimate of drug-likeness (QED) is 0.306. The zero-order valence-electron chi connectivity index (χ0n) is 16.8. The van der Waals surface area contributed by atoms with Crippen molar-refractivity contribution in [3.8, 4) is 5.75 Å². The summed E-state index contributed by atoms with van der Waals surface area (Å²) in [4.78, 5) is 15.5. The smallest absolute Gasteiger partial charge is 0.221 e. The Morgan fingerprint density at radius 2 is 1.96 bits per heavy atom. The fourth-order valence-corrected chi connectivity index (χ4v) is 2.41. The van der Waals surface area contributed by atoms with Crippen LogP contribution in [0.15, 0.2) is 33.8 Å². The maximum absolute atomic E-state index is 11.3. The van der Waals surface area contributed by atoms with Crippen LogP contribution in [0.2, 0.25) is 0 Å². The van der Waals surface area contributed by atoms with Crippen molar-refractivity contribution in [3.05, 3.63) is 41.3 Å². The molecule has 154 valence electrons. The van der Waals surface area contributed by atoms with Gasteiger partial charge in [-0.1, -0.05) is 25.1 Å². The van der Waals surface area contributed by atoms with E-state index in [0.29, 0.717) is 36.4 Å². The summed E-state index contributed by atoms with van der Waals surface area (Å²) in [6, 6.07) is 7.55. The van der Waals surface area contributed by atoms with Gasteiger partial charge in [0.1, 0.15) is 5.75 Å². The number of carbonyl (C=O) groups excluding carboxylic acids is 1. The highest BCUT2D eigenvalue weighted by atomic mass is 127. The SMILES string of the molecule is CN=C(NCc1ccc(OC)c(NC(C)=O)c1)NCc1cc(C(C)C)no1.I. The number of nitrogens with one attached hydrogen (secondary N) is 3. The van der Waals surface area contributed by atoms with Crippen LogP contribution in [0.3, 0.4) is 0 Å². The first kappa shape index (κ1) is 23.7. The van der Waals surface area contributed by atoms with Gasteiger partial charge in [0.25, 0.3) is 0 Å². The van der Waals surface area contributed by atoms with Crippen LogP contribution in [-0.2, 0) is 17.9 Å². The summed E-state index contributed by atoms with van der Waals surface area (Å²) in [6.45, 7) is 6.62. The zero-order chi connectivity index (χ0) is 19.8. The van der Waals surface area contributed by atoms with Crippen LogP contribution >= 0.6 is 24.0 Å². The van der Waals surface area contributed by atoms with Crippen LogP contribution < -0.4 is 20.7 Å². The standard InChI is InChI=1S/C19H27N5O3.HI/c1-12(2)16-9-15(27-24-16)11-22-19(20-4)21-10-14-6-7-18(26-5)17(8-14)23-13(3)25;/h6-9,12H,10-11H2,1-5H3,(H,23,25)(H2,20,21,22);1H. The van der Waals surface area contributed by atoms with Crippen LogP contribution in [0.1, 0.15) is 43.7 Å². The number of amides is 1. The maximum Gasteiger partial charge on any atom is 0.221 e. The Kier molecular flexibility index (Phi) is 9.77. The van der Waals surface area contributed by atoms with E-state index in [0.717, 1.165) is 17.0 Å². The lowest BCUT2D eigenvalue weighted by Crippen LogP contribution is -2.36. The van der Waals surface area contributed by atoms with E-state index in [-0.39, 0.29) is 29.9 Å². The molecule has 8 nitrogen and oxygen atoms in total. The van der Waals surface area contributed by atoms with Crippen molar-refractivity contribution in [2.45, 2.75) is 39.8 Å². The molecule has 1 aromatic carbocycles. The number of aliphatic imine (C=N–C) groups is 1. The third kappa shape index (κ3) is 7.02. The number of anilines is 1. The van der Waals surface area contributed by atoms with Gasteiger partial charge in [0.15, 0.2) is 11.7 Å². The van der Waals surface area contributed by atoms with Gasteiger partial charge in [-0.05, 0) is 23.6 Å². The van der Waals surface area contributed by atoms with Crippen LogP contribution in [0, 0.1) is 0 Å². The van der Waals surface area contributed by atoms with Crippen molar-refractivity contribution in [1.82, 2.24) is 15.8 Å². The lowest BCUT2D eigenvalue weighted by Gasteiger charge is -2.13. The molecule has 2 aromatic rings. The molecular formula is C19H28IN5O3. The molecule has 0 saturated carbocycles. The Balaban J connectivity index is 0.00000392. The molecule has 0 aliphatic heterocycles. The maximum atomic E-state index is 11.3. The van der Waals surface area contributed by atoms with E-state index in [1.165, 1.54) is 6.92 Å². The second kappa shape index (κ2) is 11.5. The van der Waals surface area contributed by atoms with Crippen LogP contribution in [-0.4, -0.2) is 31.2 Å². The topological polar surface area (TPSA) is 101 Å². The third-order valence-electron chi connectivity index (χ3n) is 3.86. The third-order valence-corrected chi connectivity index (χ3v) is 3.86. The van der Waals surface area contributed by atoms with Gasteiger partial charge in [-0.3, -0.25) is 9.79 Å². The molecule has 0 atom stereocenters. The first-order chi connectivity index (χ1) is 12.9. The summed E-state index contributed by atoms with van der Waals surface area (Å²) in [5, 5.41) is 13.2. The first-order valence-corrected chi connectivity index (χ1v) is 8.77. The molecule has 0 aliphatic rings. The van der Waals surface area contributed by atoms with Gasteiger partial charge in [0, 0.05) is 26.6 Å². The minimum absolute atomic E-state index is 0. The van der Waals surface area contributed by atoms with Gasteiger partial charge in [0.05, 0.1) is 25.0 Å². The molecule has 0 unspecified atom stereocenters. The largest absolute Gasteiger partial charge is 0.495 e. The van der Waals surface area contributed by atoms with Gasteiger partial charge in [-0.15, -0.1) is 24.0 Å². The highest BCUT2D eigenvalue weighted by Crippen LogP contribution is 2.25. The molecule has 0 bridgehead atoms. The van der Waals surface area contributed by atoms with E-state index in [1.807, 2.05) is 24.3 Å². The molecule has 28 heavy (non-hydrogen) atoms. The summed E-state index contributed by atoms with van der Waals surface area (Å²) >= 11 is 0. The minimum Gasteiger partial charge on any atom is -0.495 e. The van der Waals surface area contributed by atoms with Crippen LogP contribution in [0.25, 0.3) is 0 Å². The lowest BCUT2D eigenvalue weighted by atomic mass is 10.1. The summed E-state index contributed by atoms with van der Waals surface area (Å²) in [5.41, 5.74) is 2.54. The molecule has 0 saturated heterocycles. The van der Waals surface area contributed by atoms with Crippen molar-refractivity contribution >= 4 is 41.5 Å². The number of halogens is 1. The zero-order valence-corrected chi connectivity index (χ0v) is 19.2. The first-order valence-electron chi connectivity index (χ1n) is 8.77. The fraction of sp³-hybridized carbons (Fsp3) is 0.421. The number of benzene rings is 1. The van der Waals surface area contributed by atoms with Gasteiger partial charge >= 0.3 is 0 Å². The van der Waals surface area contributed by atoms with Gasteiger partial charge in [0.2, 0.25) is 5.91 Å². The van der Waals surface area contributed by atoms with E-state index < -0.39 is 0 Å². The van der Waals surface area contributed by atoms with Crippen LogP contribution in [0.4, 0.5) is 5.69 Å². The minimum atomic E-state index is -0.149. The monoisotopic (exact) mass is 501 g/mol. The number of nitrogens with zero attached hydrogens (tertiary/aromatic N) is 2. The van der Waals surface area contributed by atoms with E-state index in [2.05, 4.69) is 39.9 Å². The van der Waals surface area contributed by atoms with Crippen molar-refractivity contribution in [3.63, 3.8) is 0 Å². The van der Waals surface area contributed by atoms with Crippen molar-refractivity contribution in [1.29, 1.82) is 0 Å². The van der Waals surface area contributed by atoms with Crippen molar-refractivity contribution in [2.24, 2.45) is 4.99 Å². The normalized spacial score (nSPS) is 11.0. The molecular weight excluding hydrogens is 473 g/mol. The number of hydrogen-bond donors (Lipinski definition) is 3. The Labute approximate surface area is 182 Å². The number of carbonyl (C=O) groups is 1. The number of hydrogen-bond acceptors (Lipinski definition) is 5. The Hall–Kier alpha value is -2.30. The molecule has 2 rings (SSSR count). The molecule has 3 N–H and O–H groups in total. The van der Waals surface area contributed by atoms with E-state index in [1.54, 1.807) is 14.2 Å². The summed E-state index contributed by atoms with van der Waals surface area (Å²) in [5.74, 6) is 2.17. The molecule has 0 radical (unpaired) electrons. The predicted molar refractivity (Wildman–Crippen MR) is 120 cm³/mol. The number of ether oxygens (including phenoxy) is 1. The molecule has 0 fully saturated rings. The van der Waals surface area contributed by atoms with Gasteiger partial charge in [-0.2, -0.15) is 0 Å². The van der Waals surface area contributed by atoms with E-state index in [9.17, 15) is 4.79 Å². The summed E-state index contributed by atoms with van der Waals surface area (Å²) < 4.78 is 10.6. The average molecular weight is 501 g/mol. The fourth-order valence-electron chi connectivity index (χ4n) is 2.41. The number of aromatic nitrogens is 1. The van der Waals surface area contributed by atoms with E-state index in [4.69, 9.17) is 9.26 Å². The Bertz CT molecular complexity index is 805. The second-order valence-corrected chi connectivity index (χ2v) is 6.37. The Morgan fingerprint density at radius 1 is 1.25 bits per heavy atom. The lowest BCUT2D eigenvalue weighted by molar-refractivity contribution is -0.114. The number of guanidine groups is 1. The molecule has 9 heteroatoms. The highest BCUT2D eigenvalue weighted by molar-refractivity contribution is 14.0. The van der Waals surface area contributed by atoms with Crippen LogP contribution in [0.5, 0.6) is 5.75 Å². The summed E-state index contributed by atoms with van der Waals surface area (Å²) in [7, 11) is 3.27. The van der Waals surface area contributed by atoms with Crippen molar-refractivity contribution < 1.29 is 14.1 Å². The molecule has 0 aliphatic carbocycles. The molecule has 1 heterocycles. The summed E-state index contributed by atoms with van der Waals surface area (Å²) in [6.07, 6.45) is 0. The van der Waals surface area contributed by atoms with E-state index >= 15 is 0 Å². The molecule has 1 amide bonds. The highest BCUT2D eigenvalue weighted by Gasteiger charge is 2.09. The Morgan fingerprint density at radius 3 is 2.54 bits per heavy atom. The second-order valence-electron chi connectivity index (χ2n) is 6.37. The number of rotatable bonds is 7.